The molecule has 3 aromatic rings. The second-order valence-electron chi connectivity index (χ2n) is 6.98. The first-order valence-corrected chi connectivity index (χ1v) is 12.7. The largest absolute Gasteiger partial charge is 0.324 e. The Morgan fingerprint density at radius 3 is 2.32 bits per heavy atom. The summed E-state index contributed by atoms with van der Waals surface area (Å²) in [5, 5.41) is 2.72. The van der Waals surface area contributed by atoms with Crippen LogP contribution in [0.2, 0.25) is 0 Å². The molecule has 1 amide bonds. The van der Waals surface area contributed by atoms with E-state index in [1.807, 2.05) is 0 Å². The van der Waals surface area contributed by atoms with Crippen LogP contribution in [-0.2, 0) is 14.8 Å². The zero-order chi connectivity index (χ0) is 24.7. The zero-order valence-electron chi connectivity index (χ0n) is 18.1. The molecule has 0 bridgehead atoms. The number of halogens is 1. The lowest BCUT2D eigenvalue weighted by Crippen LogP contribution is -2.37. The lowest BCUT2D eigenvalue weighted by Gasteiger charge is -2.19. The first kappa shape index (κ1) is 25.5. The molecule has 34 heavy (non-hydrogen) atoms. The van der Waals surface area contributed by atoms with Gasteiger partial charge >= 0.3 is 0 Å². The van der Waals surface area contributed by atoms with E-state index in [1.54, 1.807) is 85.9 Å². The number of allylic oxidation sites excluding steroid dienone is 1. The third-order valence-corrected chi connectivity index (χ3v) is 7.80. The Morgan fingerprint density at radius 1 is 1.06 bits per heavy atom. The second kappa shape index (κ2) is 11.3. The summed E-state index contributed by atoms with van der Waals surface area (Å²) in [5.41, 5.74) is 1.32. The molecule has 1 atom stereocenters. The highest BCUT2D eigenvalue weighted by Crippen LogP contribution is 2.31. The van der Waals surface area contributed by atoms with Gasteiger partial charge in [-0.3, -0.25) is 14.2 Å². The van der Waals surface area contributed by atoms with Crippen LogP contribution in [-0.4, -0.2) is 18.9 Å². The third kappa shape index (κ3) is 6.48. The minimum atomic E-state index is -4.10. The van der Waals surface area contributed by atoms with Gasteiger partial charge in [0.1, 0.15) is 10.3 Å². The molecule has 0 saturated carbocycles. The summed E-state index contributed by atoms with van der Waals surface area (Å²) in [6, 6.07) is 18.7. The fourth-order valence-corrected chi connectivity index (χ4v) is 5.21. The quantitative estimate of drug-likeness (QED) is 0.429. The first-order valence-electron chi connectivity index (χ1n) is 10.1. The number of rotatable bonds is 9. The van der Waals surface area contributed by atoms with Gasteiger partial charge in [-0.05, 0) is 42.8 Å². The van der Waals surface area contributed by atoms with Crippen molar-refractivity contribution in [3.05, 3.63) is 116 Å². The third-order valence-electron chi connectivity index (χ3n) is 4.64. The molecule has 10 heteroatoms. The molecule has 0 spiro atoms. The lowest BCUT2D eigenvalue weighted by molar-refractivity contribution is -0.117. The van der Waals surface area contributed by atoms with E-state index < -0.39 is 22.0 Å². The summed E-state index contributed by atoms with van der Waals surface area (Å²) >= 11 is 6.71. The predicted octanol–water partition coefficient (Wildman–Crippen LogP) is 4.74. The molecule has 0 radical (unpaired) electrons. The van der Waals surface area contributed by atoms with Gasteiger partial charge in [-0.2, -0.15) is 4.72 Å². The smallest absolute Gasteiger partial charge is 0.255 e. The number of amides is 1. The maximum atomic E-state index is 13.1. The first-order chi connectivity index (χ1) is 16.2. The number of carbonyl (C=O) groups excluding carboxylic acids is 1. The number of benzene rings is 2. The van der Waals surface area contributed by atoms with Crippen molar-refractivity contribution in [3.8, 4) is 5.69 Å². The number of nitrogens with zero attached hydrogens (tertiary/aromatic N) is 1. The Kier molecular flexibility index (Phi) is 8.51. The number of sulfonamides is 1. The van der Waals surface area contributed by atoms with Crippen molar-refractivity contribution in [3.63, 3.8) is 0 Å². The molecule has 1 heterocycles. The Hall–Kier alpha value is -3.11. The standard InChI is InChI=1S/C24H22ClN3O4S2/c1-3-21(25)33-17(2)34(31,32)27-23(18-9-5-4-6-10-18)24(30)26-19-12-14-20(15-13-19)28-16-8-7-11-22(28)29/h3-16,23,27H,2H2,1H3,(H,26,30)/b21-3-. The van der Waals surface area contributed by atoms with Crippen molar-refractivity contribution in [2.75, 3.05) is 5.32 Å². The summed E-state index contributed by atoms with van der Waals surface area (Å²) in [6.07, 6.45) is 3.18. The SMILES string of the molecule is C=C(S/C(Cl)=C\C)S(=O)(=O)NC(C(=O)Nc1ccc(-n2ccccc2=O)cc1)c1ccccc1. The van der Waals surface area contributed by atoms with Gasteiger partial charge in [-0.1, -0.05) is 72.4 Å². The van der Waals surface area contributed by atoms with E-state index >= 15 is 0 Å². The molecular formula is C24H22ClN3O4S2. The normalized spacial score (nSPS) is 12.7. The van der Waals surface area contributed by atoms with Crippen molar-refractivity contribution in [1.82, 2.24) is 9.29 Å². The molecule has 0 aliphatic heterocycles. The maximum absolute atomic E-state index is 13.1. The average Bonchev–Trinajstić information content (AvgIpc) is 2.84. The van der Waals surface area contributed by atoms with Crippen LogP contribution >= 0.6 is 23.4 Å². The number of pyridine rings is 1. The summed E-state index contributed by atoms with van der Waals surface area (Å²) in [6.45, 7) is 5.25. The van der Waals surface area contributed by atoms with Gasteiger partial charge in [-0.15, -0.1) is 0 Å². The molecule has 1 aromatic heterocycles. The molecule has 7 nitrogen and oxygen atoms in total. The Bertz CT molecular complexity index is 1370. The minimum absolute atomic E-state index is 0.186. The summed E-state index contributed by atoms with van der Waals surface area (Å²) < 4.78 is 29.5. The monoisotopic (exact) mass is 515 g/mol. The van der Waals surface area contributed by atoms with Crippen LogP contribution in [0.5, 0.6) is 0 Å². The van der Waals surface area contributed by atoms with Gasteiger partial charge in [0.15, 0.2) is 0 Å². The second-order valence-corrected chi connectivity index (χ2v) is 10.7. The zero-order valence-corrected chi connectivity index (χ0v) is 20.5. The highest BCUT2D eigenvalue weighted by Gasteiger charge is 2.28. The van der Waals surface area contributed by atoms with E-state index in [1.165, 1.54) is 10.6 Å². The maximum Gasteiger partial charge on any atom is 0.255 e. The number of carbonyl (C=O) groups is 1. The van der Waals surface area contributed by atoms with Crippen LogP contribution < -0.4 is 15.6 Å². The average molecular weight is 516 g/mol. The fourth-order valence-electron chi connectivity index (χ4n) is 2.92. The Morgan fingerprint density at radius 2 is 1.71 bits per heavy atom. The van der Waals surface area contributed by atoms with Crippen molar-refractivity contribution in [2.24, 2.45) is 0 Å². The molecule has 0 saturated heterocycles. The molecule has 0 fully saturated rings. The Balaban J connectivity index is 1.83. The molecule has 3 rings (SSSR count). The van der Waals surface area contributed by atoms with Crippen LogP contribution in [0.4, 0.5) is 5.69 Å². The molecule has 176 valence electrons. The van der Waals surface area contributed by atoms with E-state index in [2.05, 4.69) is 16.6 Å². The van der Waals surface area contributed by atoms with Gasteiger partial charge in [0, 0.05) is 23.6 Å². The fraction of sp³-hybridized carbons (Fsp3) is 0.0833. The Labute approximate surface area is 207 Å². The number of thioether (sulfide) groups is 1. The van der Waals surface area contributed by atoms with E-state index in [9.17, 15) is 18.0 Å². The summed E-state index contributed by atoms with van der Waals surface area (Å²) in [7, 11) is -4.10. The van der Waals surface area contributed by atoms with Crippen LogP contribution in [0.25, 0.3) is 5.69 Å². The van der Waals surface area contributed by atoms with Crippen molar-refractivity contribution >= 4 is 45.0 Å². The molecule has 2 aromatic carbocycles. The summed E-state index contributed by atoms with van der Waals surface area (Å²) in [4.78, 5) is 25.1. The van der Waals surface area contributed by atoms with Crippen molar-refractivity contribution in [2.45, 2.75) is 13.0 Å². The molecular weight excluding hydrogens is 494 g/mol. The molecule has 2 N–H and O–H groups in total. The van der Waals surface area contributed by atoms with Gasteiger partial charge in [-0.25, -0.2) is 8.42 Å². The van der Waals surface area contributed by atoms with Gasteiger partial charge in [0.05, 0.1) is 4.36 Å². The molecule has 1 unspecified atom stereocenters. The van der Waals surface area contributed by atoms with E-state index in [-0.39, 0.29) is 14.2 Å². The van der Waals surface area contributed by atoms with Crippen LogP contribution in [0, 0.1) is 0 Å². The van der Waals surface area contributed by atoms with Crippen molar-refractivity contribution < 1.29 is 13.2 Å². The van der Waals surface area contributed by atoms with Gasteiger partial charge in [0.2, 0.25) is 15.9 Å². The summed E-state index contributed by atoms with van der Waals surface area (Å²) in [5.74, 6) is -0.589. The van der Waals surface area contributed by atoms with Gasteiger partial charge in [0.25, 0.3) is 5.56 Å². The minimum Gasteiger partial charge on any atom is -0.324 e. The van der Waals surface area contributed by atoms with E-state index in [0.717, 1.165) is 11.8 Å². The molecule has 0 aliphatic carbocycles. The van der Waals surface area contributed by atoms with Gasteiger partial charge < -0.3 is 5.32 Å². The number of nitrogens with one attached hydrogen (secondary N) is 2. The predicted molar refractivity (Wildman–Crippen MR) is 138 cm³/mol. The van der Waals surface area contributed by atoms with E-state index in [0.29, 0.717) is 16.9 Å². The number of aromatic nitrogens is 1. The van der Waals surface area contributed by atoms with E-state index in [4.69, 9.17) is 11.6 Å². The molecule has 0 aliphatic rings. The van der Waals surface area contributed by atoms with Crippen LogP contribution in [0.3, 0.4) is 0 Å². The highest BCUT2D eigenvalue weighted by atomic mass is 35.5. The van der Waals surface area contributed by atoms with Crippen LogP contribution in [0.1, 0.15) is 18.5 Å². The number of hydrogen-bond acceptors (Lipinski definition) is 5. The van der Waals surface area contributed by atoms with Crippen LogP contribution in [0.15, 0.2) is 105 Å². The number of anilines is 1. The van der Waals surface area contributed by atoms with Crippen molar-refractivity contribution in [1.29, 1.82) is 0 Å². The topological polar surface area (TPSA) is 97.3 Å². The lowest BCUT2D eigenvalue weighted by atomic mass is 10.1. The number of hydrogen-bond donors (Lipinski definition) is 2. The highest BCUT2D eigenvalue weighted by molar-refractivity contribution is 8.20.